The molecule has 2 heterocycles. The molecule has 4 nitrogen and oxygen atoms in total. The van der Waals surface area contributed by atoms with Crippen molar-refractivity contribution in [3.63, 3.8) is 0 Å². The summed E-state index contributed by atoms with van der Waals surface area (Å²) in [6.45, 7) is 3.03. The van der Waals surface area contributed by atoms with Gasteiger partial charge in [0.2, 0.25) is 0 Å². The normalized spacial score (nSPS) is 19.3. The maximum Gasteiger partial charge on any atom is 0.273 e. The van der Waals surface area contributed by atoms with Gasteiger partial charge >= 0.3 is 0 Å². The maximum absolute atomic E-state index is 13.7. The van der Waals surface area contributed by atoms with E-state index in [2.05, 4.69) is 4.98 Å². The van der Waals surface area contributed by atoms with Crippen LogP contribution in [0.1, 0.15) is 40.8 Å². The molecule has 3 rings (SSSR count). The summed E-state index contributed by atoms with van der Waals surface area (Å²) in [5.41, 5.74) is 0.996. The number of benzene rings is 1. The Labute approximate surface area is 145 Å². The fourth-order valence-corrected chi connectivity index (χ4v) is 3.84. The molecule has 2 aromatic rings. The lowest BCUT2D eigenvalue weighted by molar-refractivity contribution is 0.0462. The minimum Gasteiger partial charge on any atom is -0.393 e. The van der Waals surface area contributed by atoms with Gasteiger partial charge in [-0.2, -0.15) is 0 Å². The van der Waals surface area contributed by atoms with Crippen molar-refractivity contribution < 1.29 is 14.3 Å². The molecule has 0 saturated carbocycles. The van der Waals surface area contributed by atoms with Crippen molar-refractivity contribution >= 4 is 17.2 Å². The number of aromatic nitrogens is 1. The van der Waals surface area contributed by atoms with Gasteiger partial charge in [-0.3, -0.25) is 4.79 Å². The van der Waals surface area contributed by atoms with Crippen LogP contribution in [-0.4, -0.2) is 40.1 Å². The van der Waals surface area contributed by atoms with Gasteiger partial charge in [0.25, 0.3) is 5.91 Å². The lowest BCUT2D eigenvalue weighted by Crippen LogP contribution is -2.43. The molecule has 128 valence electrons. The van der Waals surface area contributed by atoms with E-state index in [1.807, 2.05) is 0 Å². The van der Waals surface area contributed by atoms with E-state index in [0.29, 0.717) is 30.8 Å². The Morgan fingerprint density at radius 2 is 2.29 bits per heavy atom. The minimum absolute atomic E-state index is 0.101. The molecule has 6 heteroatoms. The van der Waals surface area contributed by atoms with Crippen LogP contribution in [-0.2, 0) is 6.42 Å². The van der Waals surface area contributed by atoms with Crippen molar-refractivity contribution in [1.82, 2.24) is 9.88 Å². The van der Waals surface area contributed by atoms with Gasteiger partial charge in [-0.1, -0.05) is 18.2 Å². The van der Waals surface area contributed by atoms with Crippen molar-refractivity contribution in [1.29, 1.82) is 0 Å². The van der Waals surface area contributed by atoms with Crippen LogP contribution in [0.3, 0.4) is 0 Å². The Morgan fingerprint density at radius 1 is 1.50 bits per heavy atom. The largest absolute Gasteiger partial charge is 0.393 e. The predicted molar refractivity (Wildman–Crippen MR) is 91.6 cm³/mol. The predicted octanol–water partition coefficient (Wildman–Crippen LogP) is 3.11. The number of hydrogen-bond donors (Lipinski definition) is 1. The first-order chi connectivity index (χ1) is 11.5. The summed E-state index contributed by atoms with van der Waals surface area (Å²) in [5.74, 6) is -0.230. The van der Waals surface area contributed by atoms with Crippen LogP contribution >= 0.6 is 11.3 Å². The summed E-state index contributed by atoms with van der Waals surface area (Å²) in [5, 5.41) is 12.2. The summed E-state index contributed by atoms with van der Waals surface area (Å²) in [7, 11) is 0. The minimum atomic E-state index is -0.410. The van der Waals surface area contributed by atoms with Crippen molar-refractivity contribution in [2.24, 2.45) is 5.92 Å². The molecule has 0 bridgehead atoms. The lowest BCUT2D eigenvalue weighted by Gasteiger charge is -2.33. The molecule has 0 radical (unpaired) electrons. The zero-order chi connectivity index (χ0) is 17.1. The van der Waals surface area contributed by atoms with Gasteiger partial charge in [-0.05, 0) is 31.4 Å². The standard InChI is InChI=1S/C18H21FN2O2S/c1-12(22)14-6-4-8-21(10-14)18(23)16-11-24-17(20-16)9-13-5-2-3-7-15(13)19/h2-3,5,7,11-12,14,22H,4,6,8-10H2,1H3. The second-order valence-corrected chi connectivity index (χ2v) is 7.23. The van der Waals surface area contributed by atoms with E-state index < -0.39 is 6.10 Å². The molecule has 2 atom stereocenters. The smallest absolute Gasteiger partial charge is 0.273 e. The zero-order valence-electron chi connectivity index (χ0n) is 13.6. The van der Waals surface area contributed by atoms with E-state index in [-0.39, 0.29) is 17.6 Å². The van der Waals surface area contributed by atoms with Crippen molar-refractivity contribution in [3.05, 3.63) is 51.7 Å². The van der Waals surface area contributed by atoms with Gasteiger partial charge in [0.15, 0.2) is 0 Å². The highest BCUT2D eigenvalue weighted by Gasteiger charge is 2.28. The average molecular weight is 348 g/mol. The Balaban J connectivity index is 1.68. The molecule has 0 spiro atoms. The summed E-state index contributed by atoms with van der Waals surface area (Å²) < 4.78 is 13.7. The second kappa shape index (κ2) is 7.40. The van der Waals surface area contributed by atoms with Crippen molar-refractivity contribution in [2.45, 2.75) is 32.3 Å². The van der Waals surface area contributed by atoms with E-state index in [9.17, 15) is 14.3 Å². The molecular formula is C18H21FN2O2S. The molecule has 0 aliphatic carbocycles. The number of amides is 1. The molecule has 1 aliphatic rings. The SMILES string of the molecule is CC(O)C1CCCN(C(=O)c2csc(Cc3ccccc3F)n2)C1. The molecule has 1 aromatic carbocycles. The van der Waals surface area contributed by atoms with Gasteiger partial charge in [0.05, 0.1) is 11.1 Å². The molecule has 24 heavy (non-hydrogen) atoms. The Bertz CT molecular complexity index is 717. The Morgan fingerprint density at radius 3 is 3.04 bits per heavy atom. The van der Waals surface area contributed by atoms with Crippen LogP contribution in [0.15, 0.2) is 29.6 Å². The first kappa shape index (κ1) is 17.0. The van der Waals surface area contributed by atoms with Gasteiger partial charge in [-0.15, -0.1) is 11.3 Å². The molecule has 1 saturated heterocycles. The topological polar surface area (TPSA) is 53.4 Å². The number of thiazole rings is 1. The molecule has 1 aromatic heterocycles. The maximum atomic E-state index is 13.7. The fourth-order valence-electron chi connectivity index (χ4n) is 3.05. The van der Waals surface area contributed by atoms with E-state index in [1.54, 1.807) is 35.4 Å². The van der Waals surface area contributed by atoms with Crippen LogP contribution in [0.25, 0.3) is 0 Å². The third-order valence-electron chi connectivity index (χ3n) is 4.50. The van der Waals surface area contributed by atoms with Crippen molar-refractivity contribution in [2.75, 3.05) is 13.1 Å². The number of carbonyl (C=O) groups excluding carboxylic acids is 1. The highest BCUT2D eigenvalue weighted by Crippen LogP contribution is 2.23. The summed E-state index contributed by atoms with van der Waals surface area (Å²) in [6, 6.07) is 6.61. The van der Waals surface area contributed by atoms with Gasteiger partial charge in [0, 0.05) is 30.8 Å². The number of hydrogen-bond acceptors (Lipinski definition) is 4. The number of rotatable bonds is 4. The number of aliphatic hydroxyl groups is 1. The van der Waals surface area contributed by atoms with E-state index in [1.165, 1.54) is 17.4 Å². The quantitative estimate of drug-likeness (QED) is 0.924. The van der Waals surface area contributed by atoms with Crippen LogP contribution in [0.5, 0.6) is 0 Å². The zero-order valence-corrected chi connectivity index (χ0v) is 14.4. The van der Waals surface area contributed by atoms with Crippen LogP contribution in [0, 0.1) is 11.7 Å². The lowest BCUT2D eigenvalue weighted by atomic mass is 9.93. The van der Waals surface area contributed by atoms with E-state index in [0.717, 1.165) is 17.8 Å². The highest BCUT2D eigenvalue weighted by atomic mass is 32.1. The average Bonchev–Trinajstić information content (AvgIpc) is 3.05. The first-order valence-corrected chi connectivity index (χ1v) is 9.07. The third kappa shape index (κ3) is 3.82. The first-order valence-electron chi connectivity index (χ1n) is 8.19. The molecule has 1 fully saturated rings. The second-order valence-electron chi connectivity index (χ2n) is 6.29. The third-order valence-corrected chi connectivity index (χ3v) is 5.35. The summed E-state index contributed by atoms with van der Waals surface area (Å²) >= 11 is 1.38. The molecular weight excluding hydrogens is 327 g/mol. The fraction of sp³-hybridized carbons (Fsp3) is 0.444. The Kier molecular flexibility index (Phi) is 5.26. The summed E-state index contributed by atoms with van der Waals surface area (Å²) in [4.78, 5) is 18.8. The van der Waals surface area contributed by atoms with E-state index >= 15 is 0 Å². The molecule has 2 unspecified atom stereocenters. The highest BCUT2D eigenvalue weighted by molar-refractivity contribution is 7.09. The van der Waals surface area contributed by atoms with Gasteiger partial charge in [-0.25, -0.2) is 9.37 Å². The van der Waals surface area contributed by atoms with Crippen LogP contribution < -0.4 is 0 Å². The monoisotopic (exact) mass is 348 g/mol. The van der Waals surface area contributed by atoms with Crippen LogP contribution in [0.4, 0.5) is 4.39 Å². The number of likely N-dealkylation sites (tertiary alicyclic amines) is 1. The number of aliphatic hydroxyl groups excluding tert-OH is 1. The number of piperidine rings is 1. The number of halogens is 1. The van der Waals surface area contributed by atoms with Crippen LogP contribution in [0.2, 0.25) is 0 Å². The van der Waals surface area contributed by atoms with E-state index in [4.69, 9.17) is 0 Å². The van der Waals surface area contributed by atoms with Crippen molar-refractivity contribution in [3.8, 4) is 0 Å². The number of carbonyl (C=O) groups is 1. The molecule has 1 N–H and O–H groups in total. The molecule has 1 amide bonds. The summed E-state index contributed by atoms with van der Waals surface area (Å²) in [6.07, 6.45) is 1.82. The van der Waals surface area contributed by atoms with Gasteiger partial charge < -0.3 is 10.0 Å². The Hall–Kier alpha value is -1.79. The number of nitrogens with zero attached hydrogens (tertiary/aromatic N) is 2. The van der Waals surface area contributed by atoms with Gasteiger partial charge in [0.1, 0.15) is 11.5 Å². The molecule has 1 aliphatic heterocycles.